The van der Waals surface area contributed by atoms with Gasteiger partial charge in [-0.15, -0.1) is 0 Å². The summed E-state index contributed by atoms with van der Waals surface area (Å²) in [5, 5.41) is 31.0. The second kappa shape index (κ2) is 22.5. The van der Waals surface area contributed by atoms with E-state index < -0.39 is 24.5 Å². The van der Waals surface area contributed by atoms with E-state index >= 15 is 0 Å². The maximum absolute atomic E-state index is 14.4. The van der Waals surface area contributed by atoms with Crippen LogP contribution in [-0.2, 0) is 14.3 Å². The van der Waals surface area contributed by atoms with Gasteiger partial charge in [0.25, 0.3) is 0 Å². The number of hydrogen-bond acceptors (Lipinski definition) is 6. The van der Waals surface area contributed by atoms with Crippen LogP contribution in [0.4, 0.5) is 4.39 Å². The lowest BCUT2D eigenvalue weighted by Crippen LogP contribution is -2.30. The minimum Gasteiger partial charge on any atom is -0.455 e. The van der Waals surface area contributed by atoms with Gasteiger partial charge in [-0.25, -0.2) is 9.18 Å². The van der Waals surface area contributed by atoms with E-state index in [1.807, 2.05) is 6.92 Å². The Balaban J connectivity index is 1.42. The zero-order valence-corrected chi connectivity index (χ0v) is 26.8. The van der Waals surface area contributed by atoms with Crippen molar-refractivity contribution in [1.82, 2.24) is 0 Å². The lowest BCUT2D eigenvalue weighted by atomic mass is 9.98. The van der Waals surface area contributed by atoms with Gasteiger partial charge in [0.05, 0.1) is 30.5 Å². The number of rotatable bonds is 26. The molecule has 246 valence electrons. The first kappa shape index (κ1) is 37.2. The summed E-state index contributed by atoms with van der Waals surface area (Å²) in [5.41, 5.74) is 0.595. The molecule has 1 saturated heterocycles. The second-order valence-electron chi connectivity index (χ2n) is 13.1. The summed E-state index contributed by atoms with van der Waals surface area (Å²) in [6.07, 6.45) is 20.5. The van der Waals surface area contributed by atoms with Crippen LogP contribution in [0.3, 0.4) is 0 Å². The van der Waals surface area contributed by atoms with Crippen molar-refractivity contribution in [3.05, 3.63) is 11.6 Å². The number of aliphatic hydroxyl groups excluding tert-OH is 3. The lowest BCUT2D eigenvalue weighted by molar-refractivity contribution is -0.139. The highest BCUT2D eigenvalue weighted by Gasteiger charge is 2.31. The van der Waals surface area contributed by atoms with Crippen molar-refractivity contribution in [3.8, 4) is 0 Å². The number of cyclic esters (lactones) is 1. The number of halogens is 1. The number of ether oxygens (including phenoxy) is 2. The molecular formula is C35H63FO6. The predicted octanol–water partition coefficient (Wildman–Crippen LogP) is 8.04. The fourth-order valence-corrected chi connectivity index (χ4v) is 6.38. The Hall–Kier alpha value is -1.02. The van der Waals surface area contributed by atoms with Crippen molar-refractivity contribution in [2.45, 2.75) is 204 Å². The number of esters is 1. The highest BCUT2D eigenvalue weighted by Crippen LogP contribution is 2.28. The summed E-state index contributed by atoms with van der Waals surface area (Å²) in [5.74, 6) is -0.300. The summed E-state index contributed by atoms with van der Waals surface area (Å²) in [4.78, 5) is 11.7. The molecule has 0 aliphatic carbocycles. The highest BCUT2D eigenvalue weighted by atomic mass is 18.2. The van der Waals surface area contributed by atoms with Crippen LogP contribution in [-0.4, -0.2) is 64.1 Å². The number of hydrogen-bond donors (Lipinski definition) is 3. The van der Waals surface area contributed by atoms with Gasteiger partial charge in [-0.05, 0) is 57.9 Å². The molecule has 0 aromatic heterocycles. The highest BCUT2D eigenvalue weighted by molar-refractivity contribution is 5.90. The van der Waals surface area contributed by atoms with Gasteiger partial charge in [-0.1, -0.05) is 103 Å². The van der Waals surface area contributed by atoms with Crippen LogP contribution < -0.4 is 0 Å². The fraction of sp³-hybridized carbons (Fsp3) is 0.914. The third-order valence-corrected chi connectivity index (χ3v) is 9.09. The Kier molecular flexibility index (Phi) is 19.9. The minimum absolute atomic E-state index is 0.170. The zero-order chi connectivity index (χ0) is 30.6. The van der Waals surface area contributed by atoms with Gasteiger partial charge in [0.2, 0.25) is 0 Å². The molecule has 0 spiro atoms. The first-order valence-electron chi connectivity index (χ1n) is 17.6. The number of carbonyl (C=O) groups is 1. The van der Waals surface area contributed by atoms with Gasteiger partial charge < -0.3 is 24.8 Å². The summed E-state index contributed by atoms with van der Waals surface area (Å²) in [7, 11) is 0. The van der Waals surface area contributed by atoms with E-state index in [4.69, 9.17) is 9.47 Å². The van der Waals surface area contributed by atoms with Crippen LogP contribution in [0.25, 0.3) is 0 Å². The minimum atomic E-state index is -1.21. The molecule has 1 fully saturated rings. The lowest BCUT2D eigenvalue weighted by Gasteiger charge is -2.22. The monoisotopic (exact) mass is 597 g/mol. The normalized spacial score (nSPS) is 23.5. The molecule has 6 nitrogen and oxygen atoms in total. The van der Waals surface area contributed by atoms with E-state index in [0.29, 0.717) is 31.3 Å². The Morgan fingerprint density at radius 3 is 2.02 bits per heavy atom. The predicted molar refractivity (Wildman–Crippen MR) is 167 cm³/mol. The molecule has 7 atom stereocenters. The molecule has 0 bridgehead atoms. The first-order chi connectivity index (χ1) is 20.3. The van der Waals surface area contributed by atoms with Crippen LogP contribution in [0.2, 0.25) is 0 Å². The van der Waals surface area contributed by atoms with E-state index in [2.05, 4.69) is 6.92 Å². The zero-order valence-electron chi connectivity index (χ0n) is 26.8. The Labute approximate surface area is 255 Å². The van der Waals surface area contributed by atoms with Crippen molar-refractivity contribution in [2.75, 3.05) is 0 Å². The van der Waals surface area contributed by atoms with Gasteiger partial charge in [-0.3, -0.25) is 0 Å². The van der Waals surface area contributed by atoms with Crippen LogP contribution in [0.5, 0.6) is 0 Å². The van der Waals surface area contributed by atoms with E-state index in [0.717, 1.165) is 70.6 Å². The van der Waals surface area contributed by atoms with E-state index in [1.54, 1.807) is 6.08 Å². The number of unbranched alkanes of at least 4 members (excludes halogenated alkanes) is 13. The third-order valence-electron chi connectivity index (χ3n) is 9.09. The molecule has 0 aromatic rings. The molecule has 2 aliphatic rings. The van der Waals surface area contributed by atoms with Crippen LogP contribution in [0.15, 0.2) is 11.6 Å². The smallest absolute Gasteiger partial charge is 0.334 e. The van der Waals surface area contributed by atoms with Gasteiger partial charge >= 0.3 is 5.97 Å². The number of aliphatic hydroxyl groups is 3. The standard InChI is InChI=1S/C35H63FO6/c1-3-4-5-6-7-8-9-10-14-17-20-31(36)32(38)22-23-33(39)34-24-21-30(42-34)19-16-13-11-12-15-18-29(37)26-28-25-27(2)41-35(28)40/h25,27,29-34,37-39H,3-24,26H2,1-2H3/t27-,29+,30+,31?,32+,33-,34-/m0/s1/i36-1. The maximum Gasteiger partial charge on any atom is 0.334 e. The number of alkyl halides is 1. The molecule has 0 amide bonds. The van der Waals surface area contributed by atoms with Crippen LogP contribution in [0.1, 0.15) is 162 Å². The molecular weight excluding hydrogens is 534 g/mol. The van der Waals surface area contributed by atoms with Gasteiger partial charge in [0, 0.05) is 12.0 Å². The first-order valence-corrected chi connectivity index (χ1v) is 17.6. The largest absolute Gasteiger partial charge is 0.455 e. The molecule has 3 N–H and O–H groups in total. The summed E-state index contributed by atoms with van der Waals surface area (Å²) < 4.78 is 25.6. The molecule has 42 heavy (non-hydrogen) atoms. The summed E-state index contributed by atoms with van der Waals surface area (Å²) in [6, 6.07) is 0. The quantitative estimate of drug-likeness (QED) is 0.0690. The maximum atomic E-state index is 14.4. The SMILES string of the molecule is CCCCCCCCCCCCC([18F])[C@H](O)CC[C@H](O)[C@@H]1CC[C@@H](CCCCCCC[C@@H](O)CC2=C[C@H](C)OC2=O)O1. The van der Waals surface area contributed by atoms with Crippen molar-refractivity contribution in [1.29, 1.82) is 0 Å². The Morgan fingerprint density at radius 2 is 1.40 bits per heavy atom. The van der Waals surface area contributed by atoms with Gasteiger partial charge in [-0.2, -0.15) is 0 Å². The van der Waals surface area contributed by atoms with Crippen LogP contribution >= 0.6 is 0 Å². The van der Waals surface area contributed by atoms with Crippen molar-refractivity contribution < 1.29 is 34.0 Å². The fourth-order valence-electron chi connectivity index (χ4n) is 6.38. The summed E-state index contributed by atoms with van der Waals surface area (Å²) >= 11 is 0. The molecule has 2 aliphatic heterocycles. The van der Waals surface area contributed by atoms with E-state index in [-0.39, 0.29) is 30.7 Å². The second-order valence-corrected chi connectivity index (χ2v) is 13.1. The molecule has 7 heteroatoms. The molecule has 2 rings (SSSR count). The molecule has 1 unspecified atom stereocenters. The average Bonchev–Trinajstić information content (AvgIpc) is 3.57. The van der Waals surface area contributed by atoms with Crippen molar-refractivity contribution >= 4 is 5.97 Å². The average molecular weight is 598 g/mol. The van der Waals surface area contributed by atoms with Crippen molar-refractivity contribution in [3.63, 3.8) is 0 Å². The van der Waals surface area contributed by atoms with E-state index in [9.17, 15) is 24.5 Å². The molecule has 2 heterocycles. The molecule has 0 saturated carbocycles. The number of carbonyl (C=O) groups excluding carboxylic acids is 1. The third kappa shape index (κ3) is 16.2. The molecule has 0 radical (unpaired) electrons. The van der Waals surface area contributed by atoms with Crippen LogP contribution in [0, 0.1) is 0 Å². The Bertz CT molecular complexity index is 730. The van der Waals surface area contributed by atoms with E-state index in [1.165, 1.54) is 44.9 Å². The summed E-state index contributed by atoms with van der Waals surface area (Å²) in [6.45, 7) is 4.06. The van der Waals surface area contributed by atoms with Crippen molar-refractivity contribution in [2.24, 2.45) is 0 Å². The molecule has 0 aromatic carbocycles. The van der Waals surface area contributed by atoms with Gasteiger partial charge in [0.1, 0.15) is 12.3 Å². The topological polar surface area (TPSA) is 96.2 Å². The van der Waals surface area contributed by atoms with Gasteiger partial charge in [0.15, 0.2) is 0 Å². The Morgan fingerprint density at radius 1 is 0.810 bits per heavy atom.